The van der Waals surface area contributed by atoms with Crippen LogP contribution in [0, 0.1) is 0 Å². The van der Waals surface area contributed by atoms with E-state index in [1.165, 1.54) is 13.1 Å². The fourth-order valence-corrected chi connectivity index (χ4v) is 5.72. The topological polar surface area (TPSA) is 118 Å². The predicted molar refractivity (Wildman–Crippen MR) is 103 cm³/mol. The van der Waals surface area contributed by atoms with Gasteiger partial charge >= 0.3 is 6.09 Å². The molecule has 1 saturated heterocycles. The molecule has 29 heavy (non-hydrogen) atoms. The van der Waals surface area contributed by atoms with Gasteiger partial charge in [-0.2, -0.15) is 0 Å². The second-order valence-corrected chi connectivity index (χ2v) is 10.3. The van der Waals surface area contributed by atoms with Gasteiger partial charge in [0, 0.05) is 12.6 Å². The van der Waals surface area contributed by atoms with Gasteiger partial charge in [-0.3, -0.25) is 5.32 Å². The zero-order valence-corrected chi connectivity index (χ0v) is 17.6. The molecular weight excluding hydrogens is 405 g/mol. The maximum atomic E-state index is 14.7. The van der Waals surface area contributed by atoms with E-state index in [9.17, 15) is 22.7 Å². The van der Waals surface area contributed by atoms with Crippen molar-refractivity contribution < 1.29 is 32.2 Å². The Bertz CT molecular complexity index is 892. The zero-order valence-electron chi connectivity index (χ0n) is 16.8. The molecule has 1 aliphatic carbocycles. The van der Waals surface area contributed by atoms with Gasteiger partial charge in [0.25, 0.3) is 0 Å². The first-order valence-electron chi connectivity index (χ1n) is 9.29. The van der Waals surface area contributed by atoms with E-state index in [1.54, 1.807) is 26.8 Å². The summed E-state index contributed by atoms with van der Waals surface area (Å²) >= 11 is 0. The lowest BCUT2D eigenvalue weighted by Crippen LogP contribution is -2.62. The number of hydrogen-bond donors (Lipinski definition) is 2. The number of carbonyl (C=O) groups is 1. The molecule has 0 aromatic carbocycles. The van der Waals surface area contributed by atoms with Gasteiger partial charge in [-0.15, -0.1) is 0 Å². The second-order valence-electron chi connectivity index (χ2n) is 8.20. The van der Waals surface area contributed by atoms with Crippen molar-refractivity contribution in [2.75, 3.05) is 20.3 Å². The molecule has 3 atom stereocenters. The molecular formula is C18H26FN3O6S. The van der Waals surface area contributed by atoms with Gasteiger partial charge in [0.15, 0.2) is 0 Å². The number of nitrogens with one attached hydrogen (secondary N) is 1. The summed E-state index contributed by atoms with van der Waals surface area (Å²) in [6, 6.07) is 0. The number of guanidine groups is 1. The fraction of sp³-hybridized carbons (Fsp3) is 0.667. The molecule has 3 aliphatic rings. The van der Waals surface area contributed by atoms with Gasteiger partial charge in [-0.05, 0) is 39.7 Å². The van der Waals surface area contributed by atoms with Gasteiger partial charge < -0.3 is 14.6 Å². The van der Waals surface area contributed by atoms with Gasteiger partial charge in [0.05, 0.1) is 13.2 Å². The summed E-state index contributed by atoms with van der Waals surface area (Å²) in [5.74, 6) is -0.875. The SMILES string of the molecule is CN1C(NC(=O)OC(C)(C)C)=NC2(C3=CCCC=C3F)COC(CO)C2S1(=O)=O. The number of aliphatic hydroxyl groups is 1. The number of allylic oxidation sites excluding steroid dienone is 2. The van der Waals surface area contributed by atoms with Crippen LogP contribution < -0.4 is 5.32 Å². The molecule has 2 aliphatic heterocycles. The van der Waals surface area contributed by atoms with Gasteiger partial charge in [-0.25, -0.2) is 26.9 Å². The average molecular weight is 431 g/mol. The third kappa shape index (κ3) is 3.78. The molecule has 0 saturated carbocycles. The molecule has 9 nitrogen and oxygen atoms in total. The van der Waals surface area contributed by atoms with Crippen molar-refractivity contribution in [1.82, 2.24) is 9.62 Å². The lowest BCUT2D eigenvalue weighted by Gasteiger charge is -2.41. The number of hydrogen-bond acceptors (Lipinski definition) is 7. The highest BCUT2D eigenvalue weighted by Crippen LogP contribution is 2.46. The minimum absolute atomic E-state index is 0.0878. The predicted octanol–water partition coefficient (Wildman–Crippen LogP) is 1.21. The number of fused-ring (bicyclic) bond motifs is 1. The van der Waals surface area contributed by atoms with Crippen LogP contribution in [0.25, 0.3) is 0 Å². The summed E-state index contributed by atoms with van der Waals surface area (Å²) in [5.41, 5.74) is -2.34. The van der Waals surface area contributed by atoms with Crippen LogP contribution in [0.5, 0.6) is 0 Å². The number of aliphatic hydroxyl groups excluding tert-OH is 1. The molecule has 162 valence electrons. The van der Waals surface area contributed by atoms with Crippen LogP contribution in [0.3, 0.4) is 0 Å². The average Bonchev–Trinajstić information content (AvgIpc) is 2.99. The van der Waals surface area contributed by atoms with Crippen molar-refractivity contribution in [3.05, 3.63) is 23.6 Å². The van der Waals surface area contributed by atoms with Crippen molar-refractivity contribution >= 4 is 22.1 Å². The number of sulfonamides is 1. The Kier molecular flexibility index (Phi) is 5.52. The molecule has 3 unspecified atom stereocenters. The Morgan fingerprint density at radius 2 is 2.10 bits per heavy atom. The number of ether oxygens (including phenoxy) is 2. The minimum Gasteiger partial charge on any atom is -0.444 e. The van der Waals surface area contributed by atoms with Crippen LogP contribution in [0.1, 0.15) is 33.6 Å². The third-order valence-corrected chi connectivity index (χ3v) is 7.26. The highest BCUT2D eigenvalue weighted by Gasteiger charge is 2.63. The van der Waals surface area contributed by atoms with Crippen LogP contribution in [-0.2, 0) is 19.5 Å². The minimum atomic E-state index is -4.16. The Morgan fingerprint density at radius 3 is 2.69 bits per heavy atom. The number of halogens is 1. The normalized spacial score (nSPS) is 31.4. The highest BCUT2D eigenvalue weighted by molar-refractivity contribution is 7.90. The maximum Gasteiger partial charge on any atom is 0.414 e. The Morgan fingerprint density at radius 1 is 1.45 bits per heavy atom. The summed E-state index contributed by atoms with van der Waals surface area (Å²) < 4.78 is 52.8. The van der Waals surface area contributed by atoms with Crippen LogP contribution in [0.4, 0.5) is 9.18 Å². The second kappa shape index (κ2) is 7.37. The molecule has 1 amide bonds. The first-order valence-corrected chi connectivity index (χ1v) is 10.8. The van der Waals surface area contributed by atoms with Crippen molar-refractivity contribution in [3.63, 3.8) is 0 Å². The van der Waals surface area contributed by atoms with E-state index in [0.29, 0.717) is 12.8 Å². The van der Waals surface area contributed by atoms with E-state index in [-0.39, 0.29) is 18.1 Å². The molecule has 11 heteroatoms. The molecule has 0 radical (unpaired) electrons. The fourth-order valence-electron chi connectivity index (χ4n) is 3.77. The summed E-state index contributed by atoms with van der Waals surface area (Å²) in [6.45, 7) is 4.18. The van der Waals surface area contributed by atoms with Crippen molar-refractivity contribution in [3.8, 4) is 0 Å². The van der Waals surface area contributed by atoms with Crippen molar-refractivity contribution in [2.45, 2.75) is 56.1 Å². The molecule has 2 N–H and O–H groups in total. The van der Waals surface area contributed by atoms with E-state index in [1.807, 2.05) is 0 Å². The monoisotopic (exact) mass is 431 g/mol. The molecule has 2 heterocycles. The number of carbonyl (C=O) groups excluding carboxylic acids is 1. The van der Waals surface area contributed by atoms with Gasteiger partial charge in [0.1, 0.15) is 28.3 Å². The quantitative estimate of drug-likeness (QED) is 0.679. The van der Waals surface area contributed by atoms with Gasteiger partial charge in [-0.1, -0.05) is 6.08 Å². The molecule has 1 fully saturated rings. The number of amides is 1. The summed E-state index contributed by atoms with van der Waals surface area (Å²) in [5, 5.41) is 10.7. The number of rotatable bonds is 2. The largest absolute Gasteiger partial charge is 0.444 e. The highest BCUT2D eigenvalue weighted by atomic mass is 32.2. The first-order chi connectivity index (χ1) is 13.4. The van der Waals surface area contributed by atoms with Crippen LogP contribution in [0.15, 0.2) is 28.5 Å². The molecule has 0 spiro atoms. The summed E-state index contributed by atoms with van der Waals surface area (Å²) in [7, 11) is -2.93. The van der Waals surface area contributed by atoms with Crippen molar-refractivity contribution in [1.29, 1.82) is 0 Å². The standard InChI is InChI=1S/C18H26FN3O6S/c1-17(2,3)28-16(24)20-15-21-18(11-7-5-6-8-12(11)19)10-27-13(9-23)14(18)29(25,26)22(15)4/h7-8,13-14,23H,5-6,9-10H2,1-4H3,(H,20,21,24). The Labute approximate surface area is 169 Å². The van der Waals surface area contributed by atoms with Crippen molar-refractivity contribution in [2.24, 2.45) is 4.99 Å². The maximum absolute atomic E-state index is 14.7. The first kappa shape index (κ1) is 21.7. The van der Waals surface area contributed by atoms with Crippen LogP contribution in [-0.4, -0.2) is 72.6 Å². The number of aliphatic imine (C=N–C) groups is 1. The number of alkyl carbamates (subject to hydrolysis) is 1. The molecule has 3 rings (SSSR count). The van der Waals surface area contributed by atoms with E-state index in [4.69, 9.17) is 9.47 Å². The summed E-state index contributed by atoms with van der Waals surface area (Å²) in [4.78, 5) is 16.7. The smallest absolute Gasteiger partial charge is 0.414 e. The molecule has 0 aromatic rings. The lowest BCUT2D eigenvalue weighted by molar-refractivity contribution is 0.0558. The third-order valence-electron chi connectivity index (χ3n) is 4.99. The van der Waals surface area contributed by atoms with E-state index >= 15 is 0 Å². The Balaban J connectivity index is 2.11. The van der Waals surface area contributed by atoms with Gasteiger partial charge in [0.2, 0.25) is 16.0 Å². The summed E-state index contributed by atoms with van der Waals surface area (Å²) in [6.07, 6.45) is 2.00. The number of nitrogens with zero attached hydrogens (tertiary/aromatic N) is 2. The lowest BCUT2D eigenvalue weighted by atomic mass is 9.83. The molecule has 0 bridgehead atoms. The van der Waals surface area contributed by atoms with E-state index in [2.05, 4.69) is 10.3 Å². The van der Waals surface area contributed by atoms with E-state index in [0.717, 1.165) is 4.31 Å². The molecule has 0 aromatic heterocycles. The Hall–Kier alpha value is -1.98. The van der Waals surface area contributed by atoms with Crippen LogP contribution in [0.2, 0.25) is 0 Å². The zero-order chi connectivity index (χ0) is 21.6. The van der Waals surface area contributed by atoms with Crippen LogP contribution >= 0.6 is 0 Å². The van der Waals surface area contributed by atoms with E-state index < -0.39 is 51.0 Å².